The predicted octanol–water partition coefficient (Wildman–Crippen LogP) is 4.66. The molecule has 0 aliphatic carbocycles. The molecule has 2 aliphatic heterocycles. The molecule has 0 atom stereocenters. The topological polar surface area (TPSA) is 61.7 Å². The first-order valence-corrected chi connectivity index (χ1v) is 12.0. The molecule has 3 heterocycles. The summed E-state index contributed by atoms with van der Waals surface area (Å²) >= 11 is 0. The van der Waals surface area contributed by atoms with E-state index in [0.717, 1.165) is 31.6 Å². The maximum atomic E-state index is 13.5. The second kappa shape index (κ2) is 9.64. The summed E-state index contributed by atoms with van der Waals surface area (Å²) < 4.78 is 41.6. The molecule has 2 aliphatic rings. The van der Waals surface area contributed by atoms with Gasteiger partial charge in [-0.15, -0.1) is 0 Å². The number of piperidine rings is 1. The van der Waals surface area contributed by atoms with Crippen LogP contribution in [-0.2, 0) is 12.7 Å². The van der Waals surface area contributed by atoms with Gasteiger partial charge in [0.15, 0.2) is 5.78 Å². The molecule has 0 N–H and O–H groups in total. The number of alkyl halides is 3. The number of hydrogen-bond acceptors (Lipinski definition) is 5. The standard InChI is InChI=1S/C25H32F3N5O2/c1-18(34)21-8-13-33(29-21)23(35)32-14-9-24(2,10-15-32)30(3)17-19-16-20(25(26,27)28)6-7-22(19)31-11-4-5-12-31/h6-8,13,16H,4-5,9-12,14-15,17H2,1-3H3. The number of nitrogens with zero attached hydrogens (tertiary/aromatic N) is 5. The maximum Gasteiger partial charge on any atom is 0.416 e. The van der Waals surface area contributed by atoms with Crippen LogP contribution in [0, 0.1) is 0 Å². The van der Waals surface area contributed by atoms with E-state index in [1.807, 2.05) is 7.05 Å². The molecule has 2 saturated heterocycles. The van der Waals surface area contributed by atoms with Crippen LogP contribution in [0.5, 0.6) is 0 Å². The lowest BCUT2D eigenvalue weighted by atomic mass is 9.87. The van der Waals surface area contributed by atoms with Gasteiger partial charge >= 0.3 is 12.2 Å². The Labute approximate surface area is 203 Å². The van der Waals surface area contributed by atoms with Crippen LogP contribution >= 0.6 is 0 Å². The molecule has 0 bridgehead atoms. The third-order valence-electron chi connectivity index (χ3n) is 7.44. The first kappa shape index (κ1) is 25.2. The summed E-state index contributed by atoms with van der Waals surface area (Å²) in [7, 11) is 1.94. The molecule has 2 aromatic rings. The van der Waals surface area contributed by atoms with Gasteiger partial charge in [0, 0.05) is 57.1 Å². The highest BCUT2D eigenvalue weighted by Crippen LogP contribution is 2.36. The van der Waals surface area contributed by atoms with Gasteiger partial charge in [0.25, 0.3) is 0 Å². The minimum absolute atomic E-state index is 0.202. The number of anilines is 1. The van der Waals surface area contributed by atoms with Gasteiger partial charge in [-0.1, -0.05) is 0 Å². The van der Waals surface area contributed by atoms with E-state index in [2.05, 4.69) is 21.8 Å². The zero-order valence-corrected chi connectivity index (χ0v) is 20.4. The van der Waals surface area contributed by atoms with Crippen LogP contribution in [0.1, 0.15) is 61.1 Å². The third-order valence-corrected chi connectivity index (χ3v) is 7.44. The molecule has 1 amide bonds. The molecule has 1 aromatic heterocycles. The number of carbonyl (C=O) groups is 2. The average molecular weight is 492 g/mol. The summed E-state index contributed by atoms with van der Waals surface area (Å²) in [5.74, 6) is -0.202. The summed E-state index contributed by atoms with van der Waals surface area (Å²) in [4.78, 5) is 30.3. The zero-order valence-electron chi connectivity index (χ0n) is 20.4. The van der Waals surface area contributed by atoms with Crippen LogP contribution < -0.4 is 4.90 Å². The number of Topliss-reactive ketones (excluding diaryl/α,β-unsaturated/α-hetero) is 1. The number of rotatable bonds is 5. The van der Waals surface area contributed by atoms with E-state index < -0.39 is 11.7 Å². The van der Waals surface area contributed by atoms with Crippen molar-refractivity contribution in [1.29, 1.82) is 0 Å². The lowest BCUT2D eigenvalue weighted by Crippen LogP contribution is -2.53. The number of ketones is 1. The van der Waals surface area contributed by atoms with E-state index >= 15 is 0 Å². The van der Waals surface area contributed by atoms with E-state index in [1.165, 1.54) is 36.0 Å². The fourth-order valence-electron chi connectivity index (χ4n) is 4.93. The van der Waals surface area contributed by atoms with Crippen molar-refractivity contribution in [1.82, 2.24) is 19.6 Å². The Hall–Kier alpha value is -2.88. The smallest absolute Gasteiger partial charge is 0.371 e. The number of hydrogen-bond donors (Lipinski definition) is 0. The highest BCUT2D eigenvalue weighted by molar-refractivity contribution is 5.92. The highest BCUT2D eigenvalue weighted by Gasteiger charge is 2.37. The average Bonchev–Trinajstić information content (AvgIpc) is 3.51. The van der Waals surface area contributed by atoms with Crippen molar-refractivity contribution in [3.63, 3.8) is 0 Å². The quantitative estimate of drug-likeness (QED) is 0.570. The fraction of sp³-hybridized carbons (Fsp3) is 0.560. The Morgan fingerprint density at radius 3 is 2.31 bits per heavy atom. The molecule has 7 nitrogen and oxygen atoms in total. The number of amides is 1. The molecular formula is C25H32F3N5O2. The Balaban J connectivity index is 1.46. The largest absolute Gasteiger partial charge is 0.416 e. The molecule has 1 aromatic carbocycles. The van der Waals surface area contributed by atoms with Crippen molar-refractivity contribution < 1.29 is 22.8 Å². The second-order valence-corrected chi connectivity index (χ2v) is 9.86. The second-order valence-electron chi connectivity index (χ2n) is 9.86. The molecule has 4 rings (SSSR count). The molecular weight excluding hydrogens is 459 g/mol. The lowest BCUT2D eigenvalue weighted by Gasteiger charge is -2.45. The first-order valence-electron chi connectivity index (χ1n) is 12.0. The summed E-state index contributed by atoms with van der Waals surface area (Å²) in [6.45, 7) is 6.59. The fourth-order valence-corrected chi connectivity index (χ4v) is 4.93. The van der Waals surface area contributed by atoms with Crippen molar-refractivity contribution in [2.45, 2.75) is 57.8 Å². The van der Waals surface area contributed by atoms with Gasteiger partial charge in [-0.05, 0) is 69.5 Å². The summed E-state index contributed by atoms with van der Waals surface area (Å²) in [5.41, 5.74) is 0.895. The van der Waals surface area contributed by atoms with E-state index in [9.17, 15) is 22.8 Å². The number of aromatic nitrogens is 2. The lowest BCUT2D eigenvalue weighted by molar-refractivity contribution is -0.137. The van der Waals surface area contributed by atoms with Crippen LogP contribution in [0.25, 0.3) is 0 Å². The molecule has 2 fully saturated rings. The number of carbonyl (C=O) groups excluding carboxylic acids is 2. The van der Waals surface area contributed by atoms with E-state index in [1.54, 1.807) is 11.0 Å². The summed E-state index contributed by atoms with van der Waals surface area (Å²) in [5, 5.41) is 4.06. The van der Waals surface area contributed by atoms with Crippen molar-refractivity contribution in [3.05, 3.63) is 47.3 Å². The van der Waals surface area contributed by atoms with Crippen molar-refractivity contribution in [2.24, 2.45) is 0 Å². The molecule has 0 radical (unpaired) electrons. The van der Waals surface area contributed by atoms with Gasteiger partial charge in [-0.25, -0.2) is 4.79 Å². The SMILES string of the molecule is CC(=O)c1ccn(C(=O)N2CCC(C)(N(C)Cc3cc(C(F)(F)F)ccc3N3CCCC3)CC2)n1. The van der Waals surface area contributed by atoms with E-state index in [4.69, 9.17) is 0 Å². The Morgan fingerprint density at radius 2 is 1.74 bits per heavy atom. The van der Waals surface area contributed by atoms with E-state index in [-0.39, 0.29) is 23.0 Å². The normalized spacial score (nSPS) is 18.4. The molecule has 190 valence electrons. The van der Waals surface area contributed by atoms with Crippen molar-refractivity contribution in [2.75, 3.05) is 38.1 Å². The van der Waals surface area contributed by atoms with Gasteiger partial charge in [0.1, 0.15) is 5.69 Å². The molecule has 0 unspecified atom stereocenters. The number of halogens is 3. The summed E-state index contributed by atoms with van der Waals surface area (Å²) in [6, 6.07) is 5.32. The van der Waals surface area contributed by atoms with Crippen LogP contribution in [0.15, 0.2) is 30.5 Å². The van der Waals surface area contributed by atoms with Crippen LogP contribution in [0.3, 0.4) is 0 Å². The van der Waals surface area contributed by atoms with Gasteiger partial charge < -0.3 is 9.80 Å². The highest BCUT2D eigenvalue weighted by atomic mass is 19.4. The van der Waals surface area contributed by atoms with Crippen LogP contribution in [0.4, 0.5) is 23.7 Å². The van der Waals surface area contributed by atoms with Crippen molar-refractivity contribution in [3.8, 4) is 0 Å². The number of likely N-dealkylation sites (tertiary alicyclic amines) is 1. The monoisotopic (exact) mass is 491 g/mol. The summed E-state index contributed by atoms with van der Waals surface area (Å²) in [6.07, 6.45) is 0.542. The van der Waals surface area contributed by atoms with Gasteiger partial charge in [0.2, 0.25) is 0 Å². The first-order chi connectivity index (χ1) is 16.5. The molecule has 0 saturated carbocycles. The minimum atomic E-state index is -4.39. The van der Waals surface area contributed by atoms with Crippen LogP contribution in [-0.4, -0.2) is 70.2 Å². The third kappa shape index (κ3) is 5.37. The predicted molar refractivity (Wildman–Crippen MR) is 127 cm³/mol. The van der Waals surface area contributed by atoms with Gasteiger partial charge in [0.05, 0.1) is 5.56 Å². The Kier molecular flexibility index (Phi) is 6.95. The molecule has 0 spiro atoms. The van der Waals surface area contributed by atoms with E-state index in [0.29, 0.717) is 38.0 Å². The Morgan fingerprint density at radius 1 is 1.09 bits per heavy atom. The molecule has 10 heteroatoms. The van der Waals surface area contributed by atoms with Crippen LogP contribution in [0.2, 0.25) is 0 Å². The Bertz CT molecular complexity index is 1080. The van der Waals surface area contributed by atoms with Gasteiger partial charge in [-0.3, -0.25) is 9.69 Å². The van der Waals surface area contributed by atoms with Gasteiger partial charge in [-0.2, -0.15) is 23.0 Å². The zero-order chi connectivity index (χ0) is 25.4. The maximum absolute atomic E-state index is 13.5. The molecule has 35 heavy (non-hydrogen) atoms. The van der Waals surface area contributed by atoms with Crippen molar-refractivity contribution >= 4 is 17.5 Å². The minimum Gasteiger partial charge on any atom is -0.371 e. The number of benzene rings is 1.